The van der Waals surface area contributed by atoms with E-state index in [2.05, 4.69) is 9.71 Å². The second kappa shape index (κ2) is 5.74. The van der Waals surface area contributed by atoms with E-state index in [9.17, 15) is 12.8 Å². The van der Waals surface area contributed by atoms with Crippen LogP contribution in [-0.2, 0) is 10.0 Å². The highest BCUT2D eigenvalue weighted by molar-refractivity contribution is 7.92. The first kappa shape index (κ1) is 15.3. The number of nitrogens with two attached hydrogens (primary N) is 1. The van der Waals surface area contributed by atoms with Gasteiger partial charge in [0, 0.05) is 11.8 Å². The summed E-state index contributed by atoms with van der Waals surface area (Å²) in [6.45, 7) is 1.74. The maximum atomic E-state index is 13.6. The predicted molar refractivity (Wildman–Crippen MR) is 82.1 cm³/mol. The standard InChI is InChI=1S/C13H12FN3O2S2/c1-8-4-2-6-10(11(8)12(15)20)17-21(18,19)13-9(14)5-3-7-16-13/h2-7,17H,1H3,(H2,15,20). The van der Waals surface area contributed by atoms with Gasteiger partial charge in [-0.3, -0.25) is 4.72 Å². The van der Waals surface area contributed by atoms with Crippen molar-refractivity contribution in [2.45, 2.75) is 11.9 Å². The molecular formula is C13H12FN3O2S2. The molecule has 110 valence electrons. The number of anilines is 1. The highest BCUT2D eigenvalue weighted by atomic mass is 32.2. The molecule has 0 radical (unpaired) electrons. The normalized spacial score (nSPS) is 11.1. The van der Waals surface area contributed by atoms with Gasteiger partial charge in [0.05, 0.1) is 5.69 Å². The molecule has 1 aromatic heterocycles. The summed E-state index contributed by atoms with van der Waals surface area (Å²) in [6, 6.07) is 7.21. The van der Waals surface area contributed by atoms with Crippen molar-refractivity contribution in [2.24, 2.45) is 5.73 Å². The van der Waals surface area contributed by atoms with Gasteiger partial charge >= 0.3 is 0 Å². The van der Waals surface area contributed by atoms with Crippen molar-refractivity contribution < 1.29 is 12.8 Å². The van der Waals surface area contributed by atoms with Crippen LogP contribution in [0.2, 0.25) is 0 Å². The molecule has 0 saturated carbocycles. The molecule has 0 spiro atoms. The summed E-state index contributed by atoms with van der Waals surface area (Å²) < 4.78 is 40.3. The highest BCUT2D eigenvalue weighted by Gasteiger charge is 2.22. The van der Waals surface area contributed by atoms with Crippen molar-refractivity contribution >= 4 is 32.9 Å². The SMILES string of the molecule is Cc1cccc(NS(=O)(=O)c2ncccc2F)c1C(N)=S. The number of aromatic nitrogens is 1. The number of rotatable bonds is 4. The summed E-state index contributed by atoms with van der Waals surface area (Å²) in [4.78, 5) is 3.60. The minimum atomic E-state index is -4.17. The van der Waals surface area contributed by atoms with Gasteiger partial charge in [-0.15, -0.1) is 0 Å². The average molecular weight is 325 g/mol. The van der Waals surface area contributed by atoms with Crippen molar-refractivity contribution in [1.29, 1.82) is 0 Å². The largest absolute Gasteiger partial charge is 0.389 e. The van der Waals surface area contributed by atoms with E-state index in [-0.39, 0.29) is 10.7 Å². The summed E-state index contributed by atoms with van der Waals surface area (Å²) in [5.74, 6) is -0.936. The van der Waals surface area contributed by atoms with E-state index in [4.69, 9.17) is 18.0 Å². The van der Waals surface area contributed by atoms with Gasteiger partial charge in [0.15, 0.2) is 5.82 Å². The number of thiocarbonyl (C=S) groups is 1. The van der Waals surface area contributed by atoms with Crippen LogP contribution in [0.3, 0.4) is 0 Å². The molecule has 0 atom stereocenters. The van der Waals surface area contributed by atoms with E-state index in [0.29, 0.717) is 11.1 Å². The van der Waals surface area contributed by atoms with Crippen LogP contribution in [0.4, 0.5) is 10.1 Å². The number of nitrogens with one attached hydrogen (secondary N) is 1. The number of pyridine rings is 1. The molecule has 0 amide bonds. The predicted octanol–water partition coefficient (Wildman–Crippen LogP) is 1.96. The average Bonchev–Trinajstić information content (AvgIpc) is 2.38. The lowest BCUT2D eigenvalue weighted by atomic mass is 10.1. The van der Waals surface area contributed by atoms with E-state index in [0.717, 1.165) is 6.07 Å². The molecule has 0 bridgehead atoms. The van der Waals surface area contributed by atoms with Gasteiger partial charge in [0.2, 0.25) is 5.03 Å². The van der Waals surface area contributed by atoms with Crippen molar-refractivity contribution in [3.63, 3.8) is 0 Å². The maximum absolute atomic E-state index is 13.6. The Hall–Kier alpha value is -2.06. The molecule has 0 aliphatic rings. The van der Waals surface area contributed by atoms with Crippen LogP contribution >= 0.6 is 12.2 Å². The molecule has 1 heterocycles. The monoisotopic (exact) mass is 325 g/mol. The first-order valence-corrected chi connectivity index (χ1v) is 7.75. The third kappa shape index (κ3) is 3.17. The van der Waals surface area contributed by atoms with Gasteiger partial charge in [-0.2, -0.15) is 8.42 Å². The number of hydrogen-bond donors (Lipinski definition) is 2. The number of aryl methyl sites for hydroxylation is 1. The Morgan fingerprint density at radius 3 is 2.67 bits per heavy atom. The van der Waals surface area contributed by atoms with Crippen molar-refractivity contribution in [1.82, 2.24) is 4.98 Å². The Morgan fingerprint density at radius 1 is 1.33 bits per heavy atom. The minimum absolute atomic E-state index is 0.0484. The number of hydrogen-bond acceptors (Lipinski definition) is 4. The molecule has 0 aliphatic carbocycles. The van der Waals surface area contributed by atoms with Gasteiger partial charge in [-0.25, -0.2) is 9.37 Å². The van der Waals surface area contributed by atoms with E-state index in [1.54, 1.807) is 19.1 Å². The fourth-order valence-corrected chi connectivity index (χ4v) is 3.19. The molecule has 0 aliphatic heterocycles. The van der Waals surface area contributed by atoms with Gasteiger partial charge in [-0.1, -0.05) is 24.4 Å². The first-order chi connectivity index (χ1) is 9.83. The second-order valence-corrected chi connectivity index (χ2v) is 6.30. The highest BCUT2D eigenvalue weighted by Crippen LogP contribution is 2.23. The Kier molecular flexibility index (Phi) is 4.19. The summed E-state index contributed by atoms with van der Waals surface area (Å²) in [7, 11) is -4.17. The van der Waals surface area contributed by atoms with Crippen LogP contribution in [-0.4, -0.2) is 18.4 Å². The van der Waals surface area contributed by atoms with Crippen molar-refractivity contribution in [2.75, 3.05) is 4.72 Å². The first-order valence-electron chi connectivity index (χ1n) is 5.85. The van der Waals surface area contributed by atoms with Gasteiger partial charge < -0.3 is 5.73 Å². The zero-order chi connectivity index (χ0) is 15.6. The topological polar surface area (TPSA) is 85.1 Å². The molecule has 21 heavy (non-hydrogen) atoms. The fraction of sp³-hybridized carbons (Fsp3) is 0.0769. The number of sulfonamides is 1. The molecule has 2 aromatic rings. The van der Waals surface area contributed by atoms with E-state index >= 15 is 0 Å². The molecule has 0 unspecified atom stereocenters. The number of benzene rings is 1. The van der Waals surface area contributed by atoms with Crippen LogP contribution in [0.1, 0.15) is 11.1 Å². The van der Waals surface area contributed by atoms with Crippen LogP contribution < -0.4 is 10.5 Å². The van der Waals surface area contributed by atoms with Crippen LogP contribution in [0.5, 0.6) is 0 Å². The van der Waals surface area contributed by atoms with E-state index < -0.39 is 20.9 Å². The van der Waals surface area contributed by atoms with Crippen LogP contribution in [0, 0.1) is 12.7 Å². The summed E-state index contributed by atoms with van der Waals surface area (Å²) in [5, 5.41) is -0.680. The molecule has 5 nitrogen and oxygen atoms in total. The quantitative estimate of drug-likeness (QED) is 0.840. The molecule has 8 heteroatoms. The lowest BCUT2D eigenvalue weighted by Gasteiger charge is -2.13. The number of nitrogens with zero attached hydrogens (tertiary/aromatic N) is 1. The molecule has 1 aromatic carbocycles. The molecular weight excluding hydrogens is 313 g/mol. The van der Waals surface area contributed by atoms with Crippen molar-refractivity contribution in [3.8, 4) is 0 Å². The zero-order valence-electron chi connectivity index (χ0n) is 11.0. The third-order valence-corrected chi connectivity index (χ3v) is 4.25. The Labute approximate surface area is 127 Å². The molecule has 3 N–H and O–H groups in total. The second-order valence-electron chi connectivity index (χ2n) is 4.26. The van der Waals surface area contributed by atoms with E-state index in [1.807, 2.05) is 0 Å². The fourth-order valence-electron chi connectivity index (χ4n) is 1.84. The lowest BCUT2D eigenvalue weighted by Crippen LogP contribution is -2.20. The summed E-state index contributed by atoms with van der Waals surface area (Å²) in [6.07, 6.45) is 1.20. The zero-order valence-corrected chi connectivity index (χ0v) is 12.6. The Balaban J connectivity index is 2.50. The van der Waals surface area contributed by atoms with Crippen LogP contribution in [0.25, 0.3) is 0 Å². The van der Waals surface area contributed by atoms with Crippen LogP contribution in [0.15, 0.2) is 41.6 Å². The molecule has 0 fully saturated rings. The molecule has 2 rings (SSSR count). The Morgan fingerprint density at radius 2 is 2.05 bits per heavy atom. The smallest absolute Gasteiger partial charge is 0.282 e. The lowest BCUT2D eigenvalue weighted by molar-refractivity contribution is 0.557. The maximum Gasteiger partial charge on any atom is 0.282 e. The molecule has 0 saturated heterocycles. The summed E-state index contributed by atoms with van der Waals surface area (Å²) >= 11 is 4.92. The van der Waals surface area contributed by atoms with Crippen molar-refractivity contribution in [3.05, 3.63) is 53.5 Å². The minimum Gasteiger partial charge on any atom is -0.389 e. The number of halogens is 1. The van der Waals surface area contributed by atoms with Gasteiger partial charge in [0.1, 0.15) is 4.99 Å². The van der Waals surface area contributed by atoms with E-state index in [1.165, 1.54) is 18.3 Å². The van der Waals surface area contributed by atoms with Gasteiger partial charge in [0.25, 0.3) is 10.0 Å². The Bertz CT molecular complexity index is 807. The third-order valence-electron chi connectivity index (χ3n) is 2.74. The van der Waals surface area contributed by atoms with Gasteiger partial charge in [-0.05, 0) is 30.7 Å². The summed E-state index contributed by atoms with van der Waals surface area (Å²) in [5.41, 5.74) is 6.91.